The van der Waals surface area contributed by atoms with Crippen LogP contribution in [0.2, 0.25) is 0 Å². The van der Waals surface area contributed by atoms with Crippen molar-refractivity contribution < 1.29 is 36.6 Å². The number of aromatic nitrogens is 3. The Morgan fingerprint density at radius 1 is 1.07 bits per heavy atom. The summed E-state index contributed by atoms with van der Waals surface area (Å²) in [5.41, 5.74) is 0.260. The van der Waals surface area contributed by atoms with Gasteiger partial charge in [0.25, 0.3) is 0 Å². The standard InChI is InChI=1S/C32H25F4N5O4/c1-4-26(39-32(37-3)45-16-18-6-5-17(2)9-22(18)33)21-14-23(34)19(10-24(21)35)13-28-40-30-25(36)11-20(31(42)43)12-27(30)41(28)15-29-38-7-8-44-29/h4-12,14H,3,13,15-16H2,1-2H3,(H,42,43)/b26-4-,39-32+. The number of hydrogen-bond acceptors (Lipinski definition) is 6. The summed E-state index contributed by atoms with van der Waals surface area (Å²) in [6.07, 6.45) is 3.84. The minimum Gasteiger partial charge on any atom is -0.478 e. The lowest BCUT2D eigenvalue weighted by Crippen LogP contribution is -2.08. The van der Waals surface area contributed by atoms with Gasteiger partial charge in [0.2, 0.25) is 5.89 Å². The van der Waals surface area contributed by atoms with Crippen molar-refractivity contribution in [3.8, 4) is 0 Å². The lowest BCUT2D eigenvalue weighted by molar-refractivity contribution is 0.0696. The molecule has 0 saturated carbocycles. The molecule has 1 N–H and O–H groups in total. The van der Waals surface area contributed by atoms with Gasteiger partial charge in [0.1, 0.15) is 48.2 Å². The summed E-state index contributed by atoms with van der Waals surface area (Å²) in [5.74, 6) is -4.08. The number of imidazole rings is 1. The second-order valence-electron chi connectivity index (χ2n) is 9.88. The van der Waals surface area contributed by atoms with Crippen LogP contribution in [0.1, 0.15) is 51.3 Å². The summed E-state index contributed by atoms with van der Waals surface area (Å²) < 4.78 is 72.3. The topological polar surface area (TPSA) is 115 Å². The number of oxazole rings is 1. The molecule has 13 heteroatoms. The van der Waals surface area contributed by atoms with Crippen LogP contribution >= 0.6 is 0 Å². The Morgan fingerprint density at radius 3 is 2.51 bits per heavy atom. The maximum Gasteiger partial charge on any atom is 0.335 e. The Hall–Kier alpha value is -5.59. The van der Waals surface area contributed by atoms with Gasteiger partial charge in [-0.3, -0.25) is 0 Å². The van der Waals surface area contributed by atoms with Crippen LogP contribution in [0.25, 0.3) is 16.7 Å². The van der Waals surface area contributed by atoms with Crippen LogP contribution in [0, 0.1) is 30.2 Å². The van der Waals surface area contributed by atoms with Crippen LogP contribution in [0.15, 0.2) is 75.4 Å². The number of allylic oxidation sites excluding steroid dienone is 1. The predicted molar refractivity (Wildman–Crippen MR) is 158 cm³/mol. The van der Waals surface area contributed by atoms with Crippen LogP contribution in [-0.2, 0) is 24.3 Å². The minimum atomic E-state index is -1.35. The second kappa shape index (κ2) is 13.0. The SMILES string of the molecule is C=N/C(=N\C(=C/C)c1cc(F)c(Cc2nc3c(F)cc(C(=O)O)cc3n2Cc2ncco2)cc1F)OCc1ccc(C)cc1F. The molecule has 5 rings (SSSR count). The smallest absolute Gasteiger partial charge is 0.335 e. The largest absolute Gasteiger partial charge is 0.478 e. The minimum absolute atomic E-state index is 0.0240. The van der Waals surface area contributed by atoms with Crippen molar-refractivity contribution in [1.82, 2.24) is 14.5 Å². The summed E-state index contributed by atoms with van der Waals surface area (Å²) in [5, 5.41) is 9.42. The first-order valence-electron chi connectivity index (χ1n) is 13.5. The Kier molecular flexibility index (Phi) is 8.88. The van der Waals surface area contributed by atoms with Crippen LogP contribution in [-0.4, -0.2) is 38.4 Å². The third-order valence-electron chi connectivity index (χ3n) is 6.86. The molecule has 0 amide bonds. The molecular weight excluding hydrogens is 594 g/mol. The van der Waals surface area contributed by atoms with E-state index in [0.717, 1.165) is 23.8 Å². The van der Waals surface area contributed by atoms with E-state index in [-0.39, 0.29) is 76.3 Å². The van der Waals surface area contributed by atoms with E-state index in [9.17, 15) is 18.7 Å². The average Bonchev–Trinajstić information content (AvgIpc) is 3.64. The van der Waals surface area contributed by atoms with Crippen molar-refractivity contribution in [1.29, 1.82) is 0 Å². The third kappa shape index (κ3) is 6.66. The molecule has 45 heavy (non-hydrogen) atoms. The average molecular weight is 620 g/mol. The Bertz CT molecular complexity index is 1980. The highest BCUT2D eigenvalue weighted by Crippen LogP contribution is 2.28. The molecule has 230 valence electrons. The van der Waals surface area contributed by atoms with E-state index in [4.69, 9.17) is 9.15 Å². The molecular formula is C32H25F4N5O4. The number of aliphatic imine (C=N–C) groups is 2. The number of amidine groups is 1. The van der Waals surface area contributed by atoms with Gasteiger partial charge in [0.05, 0.1) is 23.0 Å². The Morgan fingerprint density at radius 2 is 1.84 bits per heavy atom. The number of aryl methyl sites for hydroxylation is 1. The first-order chi connectivity index (χ1) is 21.6. The van der Waals surface area contributed by atoms with Crippen molar-refractivity contribution in [2.24, 2.45) is 9.98 Å². The first-order valence-corrected chi connectivity index (χ1v) is 13.5. The van der Waals surface area contributed by atoms with Gasteiger partial charge in [0, 0.05) is 17.5 Å². The van der Waals surface area contributed by atoms with Gasteiger partial charge >= 0.3 is 12.0 Å². The van der Waals surface area contributed by atoms with Crippen LogP contribution in [0.4, 0.5) is 17.6 Å². The molecule has 2 heterocycles. The lowest BCUT2D eigenvalue weighted by atomic mass is 10.0. The van der Waals surface area contributed by atoms with Crippen molar-refractivity contribution in [2.45, 2.75) is 33.4 Å². The van der Waals surface area contributed by atoms with Crippen molar-refractivity contribution >= 4 is 35.4 Å². The molecule has 2 aromatic heterocycles. The third-order valence-corrected chi connectivity index (χ3v) is 6.86. The first kappa shape index (κ1) is 30.9. The fourth-order valence-electron chi connectivity index (χ4n) is 4.63. The number of hydrogen-bond donors (Lipinski definition) is 1. The van der Waals surface area contributed by atoms with Crippen molar-refractivity contribution in [2.75, 3.05) is 0 Å². The van der Waals surface area contributed by atoms with E-state index in [1.807, 2.05) is 0 Å². The summed E-state index contributed by atoms with van der Waals surface area (Å²) in [6.45, 7) is 6.39. The molecule has 0 radical (unpaired) electrons. The molecule has 3 aromatic carbocycles. The molecule has 0 bridgehead atoms. The molecule has 0 atom stereocenters. The highest BCUT2D eigenvalue weighted by molar-refractivity contribution is 5.93. The van der Waals surface area contributed by atoms with E-state index in [0.29, 0.717) is 0 Å². The van der Waals surface area contributed by atoms with Crippen molar-refractivity contribution in [3.05, 3.63) is 124 Å². The number of fused-ring (bicyclic) bond motifs is 1. The van der Waals surface area contributed by atoms with Gasteiger partial charge in [-0.2, -0.15) is 4.99 Å². The monoisotopic (exact) mass is 619 g/mol. The Labute approximate surface area is 253 Å². The summed E-state index contributed by atoms with van der Waals surface area (Å²) in [4.78, 5) is 27.7. The van der Waals surface area contributed by atoms with E-state index >= 15 is 8.78 Å². The van der Waals surface area contributed by atoms with E-state index in [1.54, 1.807) is 26.0 Å². The van der Waals surface area contributed by atoms with Crippen LogP contribution < -0.4 is 0 Å². The lowest BCUT2D eigenvalue weighted by Gasteiger charge is -2.11. The molecule has 0 aliphatic carbocycles. The number of carboxylic acid groups (broad SMARTS) is 1. The highest BCUT2D eigenvalue weighted by Gasteiger charge is 2.22. The fraction of sp³-hybridized carbons (Fsp3) is 0.156. The number of halogens is 4. The molecule has 0 saturated heterocycles. The summed E-state index contributed by atoms with van der Waals surface area (Å²) in [7, 11) is 0. The van der Waals surface area contributed by atoms with Gasteiger partial charge < -0.3 is 18.8 Å². The number of benzene rings is 3. The zero-order valence-corrected chi connectivity index (χ0v) is 24.0. The molecule has 0 unspecified atom stereocenters. The number of carbonyl (C=O) groups is 1. The molecule has 9 nitrogen and oxygen atoms in total. The normalized spacial score (nSPS) is 12.1. The maximum atomic E-state index is 15.5. The highest BCUT2D eigenvalue weighted by atomic mass is 19.1. The summed E-state index contributed by atoms with van der Waals surface area (Å²) >= 11 is 0. The van der Waals surface area contributed by atoms with Gasteiger partial charge in [0.15, 0.2) is 5.82 Å². The zero-order chi connectivity index (χ0) is 32.2. The predicted octanol–water partition coefficient (Wildman–Crippen LogP) is 6.86. The maximum absolute atomic E-state index is 15.5. The molecule has 0 spiro atoms. The van der Waals surface area contributed by atoms with Crippen LogP contribution in [0.3, 0.4) is 0 Å². The van der Waals surface area contributed by atoms with Gasteiger partial charge in [-0.1, -0.05) is 18.2 Å². The number of aromatic carboxylic acids is 1. The number of carboxylic acids is 1. The quantitative estimate of drug-likeness (QED) is 0.110. The number of nitrogens with zero attached hydrogens (tertiary/aromatic N) is 5. The van der Waals surface area contributed by atoms with Gasteiger partial charge in [-0.15, -0.1) is 0 Å². The van der Waals surface area contributed by atoms with E-state index < -0.39 is 29.2 Å². The number of ether oxygens (including phenoxy) is 1. The van der Waals surface area contributed by atoms with E-state index in [1.165, 1.54) is 35.2 Å². The Balaban J connectivity index is 1.46. The zero-order valence-electron chi connectivity index (χ0n) is 24.0. The summed E-state index contributed by atoms with van der Waals surface area (Å²) in [6, 6.07) is 8.29. The molecule has 0 fully saturated rings. The van der Waals surface area contributed by atoms with Crippen LogP contribution in [0.5, 0.6) is 0 Å². The van der Waals surface area contributed by atoms with Gasteiger partial charge in [-0.05, 0) is 62.0 Å². The van der Waals surface area contributed by atoms with Crippen molar-refractivity contribution in [3.63, 3.8) is 0 Å². The number of rotatable bonds is 9. The second-order valence-corrected chi connectivity index (χ2v) is 9.88. The molecule has 5 aromatic rings. The van der Waals surface area contributed by atoms with Gasteiger partial charge in [-0.25, -0.2) is 37.3 Å². The fourth-order valence-corrected chi connectivity index (χ4v) is 4.63. The van der Waals surface area contributed by atoms with E-state index in [2.05, 4.69) is 26.7 Å². The molecule has 0 aliphatic rings. The molecule has 0 aliphatic heterocycles.